The van der Waals surface area contributed by atoms with Gasteiger partial charge >= 0.3 is 0 Å². The van der Waals surface area contributed by atoms with E-state index in [9.17, 15) is 4.79 Å². The van der Waals surface area contributed by atoms with Crippen LogP contribution in [0.2, 0.25) is 0 Å². The summed E-state index contributed by atoms with van der Waals surface area (Å²) in [6.45, 7) is 2.62. The first-order valence-electron chi connectivity index (χ1n) is 5.99. The fourth-order valence-corrected chi connectivity index (χ4v) is 2.52. The molecular formula is C14H14Br2N2O. The van der Waals surface area contributed by atoms with E-state index in [1.54, 1.807) is 6.20 Å². The molecule has 0 spiro atoms. The van der Waals surface area contributed by atoms with Gasteiger partial charge in [0.25, 0.3) is 5.91 Å². The van der Waals surface area contributed by atoms with Crippen molar-refractivity contribution in [2.24, 2.45) is 0 Å². The second kappa shape index (κ2) is 6.39. The summed E-state index contributed by atoms with van der Waals surface area (Å²) < 4.78 is 1.89. The van der Waals surface area contributed by atoms with Crippen LogP contribution in [0.25, 0.3) is 10.9 Å². The molecule has 1 aromatic carbocycles. The lowest BCUT2D eigenvalue weighted by atomic mass is 10.1. The highest BCUT2D eigenvalue weighted by atomic mass is 79.9. The van der Waals surface area contributed by atoms with Crippen molar-refractivity contribution in [3.63, 3.8) is 0 Å². The monoisotopic (exact) mass is 384 g/mol. The van der Waals surface area contributed by atoms with Crippen LogP contribution < -0.4 is 5.32 Å². The highest BCUT2D eigenvalue weighted by Crippen LogP contribution is 2.29. The molecule has 0 saturated carbocycles. The van der Waals surface area contributed by atoms with Crippen LogP contribution in [0.1, 0.15) is 23.7 Å². The predicted octanol–water partition coefficient (Wildman–Crippen LogP) is 4.39. The number of carbonyl (C=O) groups excluding carboxylic acids is 1. The van der Waals surface area contributed by atoms with Gasteiger partial charge in [-0.3, -0.25) is 4.79 Å². The summed E-state index contributed by atoms with van der Waals surface area (Å²) >= 11 is 6.90. The number of nitrogens with one attached hydrogen (secondary N) is 2. The molecule has 0 aliphatic carbocycles. The number of H-pyrrole nitrogens is 1. The minimum atomic E-state index is -0.0509. The Labute approximate surface area is 128 Å². The Hall–Kier alpha value is -1.07. The third-order valence-electron chi connectivity index (χ3n) is 2.80. The fourth-order valence-electron chi connectivity index (χ4n) is 1.84. The quantitative estimate of drug-likeness (QED) is 0.594. The summed E-state index contributed by atoms with van der Waals surface area (Å²) in [6.07, 6.45) is 6.60. The van der Waals surface area contributed by atoms with Crippen LogP contribution in [0.4, 0.5) is 0 Å². The lowest BCUT2D eigenvalue weighted by Crippen LogP contribution is -2.23. The summed E-state index contributed by atoms with van der Waals surface area (Å²) in [7, 11) is 0. The molecule has 0 aliphatic heterocycles. The number of amides is 1. The van der Waals surface area contributed by atoms with E-state index in [1.165, 1.54) is 0 Å². The number of carbonyl (C=O) groups is 1. The van der Waals surface area contributed by atoms with Crippen molar-refractivity contribution < 1.29 is 4.79 Å². The zero-order valence-electron chi connectivity index (χ0n) is 10.5. The first-order chi connectivity index (χ1) is 9.13. The number of aromatic amines is 1. The maximum absolute atomic E-state index is 12.1. The first-order valence-corrected chi connectivity index (χ1v) is 7.57. The van der Waals surface area contributed by atoms with Crippen molar-refractivity contribution in [2.75, 3.05) is 6.54 Å². The number of benzene rings is 1. The zero-order chi connectivity index (χ0) is 13.8. The summed E-state index contributed by atoms with van der Waals surface area (Å²) in [4.78, 5) is 15.2. The third-order valence-corrected chi connectivity index (χ3v) is 4.64. The molecule has 0 fully saturated rings. The lowest BCUT2D eigenvalue weighted by Gasteiger charge is -2.03. The average molecular weight is 386 g/mol. The molecule has 2 aromatic rings. The van der Waals surface area contributed by atoms with E-state index >= 15 is 0 Å². The smallest absolute Gasteiger partial charge is 0.253 e. The molecule has 0 atom stereocenters. The van der Waals surface area contributed by atoms with Gasteiger partial charge in [-0.25, -0.2) is 0 Å². The molecular weight excluding hydrogens is 372 g/mol. The van der Waals surface area contributed by atoms with Gasteiger partial charge in [-0.05, 0) is 57.3 Å². The van der Waals surface area contributed by atoms with Crippen molar-refractivity contribution in [3.05, 3.63) is 45.0 Å². The average Bonchev–Trinajstić information content (AvgIpc) is 2.78. The number of aromatic nitrogens is 1. The van der Waals surface area contributed by atoms with Gasteiger partial charge in [-0.1, -0.05) is 12.2 Å². The van der Waals surface area contributed by atoms with E-state index in [1.807, 2.05) is 31.2 Å². The minimum Gasteiger partial charge on any atom is -0.360 e. The van der Waals surface area contributed by atoms with Crippen molar-refractivity contribution >= 4 is 48.7 Å². The molecule has 0 unspecified atom stereocenters. The number of allylic oxidation sites excluding steroid dienone is 1. The molecule has 2 rings (SSSR count). The standard InChI is InChI=1S/C14H14Br2N2O/c1-2-3-4-5-17-14(19)10-8-18-13-7-12(16)11(15)6-9(10)13/h2-3,6-8,18H,4-5H2,1H3,(H,17,19)/b3-2+. The highest BCUT2D eigenvalue weighted by Gasteiger charge is 2.12. The van der Waals surface area contributed by atoms with Crippen molar-refractivity contribution in [3.8, 4) is 0 Å². The maximum Gasteiger partial charge on any atom is 0.253 e. The van der Waals surface area contributed by atoms with E-state index in [-0.39, 0.29) is 5.91 Å². The van der Waals surface area contributed by atoms with E-state index in [2.05, 4.69) is 42.2 Å². The van der Waals surface area contributed by atoms with Gasteiger partial charge in [0, 0.05) is 32.6 Å². The summed E-state index contributed by atoms with van der Waals surface area (Å²) in [6, 6.07) is 3.90. The number of rotatable bonds is 4. The molecule has 100 valence electrons. The molecule has 0 bridgehead atoms. The van der Waals surface area contributed by atoms with E-state index in [4.69, 9.17) is 0 Å². The minimum absolute atomic E-state index is 0.0509. The molecule has 2 N–H and O–H groups in total. The predicted molar refractivity (Wildman–Crippen MR) is 85.5 cm³/mol. The van der Waals surface area contributed by atoms with E-state index in [0.29, 0.717) is 12.1 Å². The van der Waals surface area contributed by atoms with Crippen LogP contribution in [-0.2, 0) is 0 Å². The van der Waals surface area contributed by atoms with Gasteiger partial charge < -0.3 is 10.3 Å². The Morgan fingerprint density at radius 1 is 1.37 bits per heavy atom. The molecule has 0 saturated heterocycles. The first kappa shape index (κ1) is 14.3. The maximum atomic E-state index is 12.1. The molecule has 19 heavy (non-hydrogen) atoms. The molecule has 3 nitrogen and oxygen atoms in total. The number of halogens is 2. The van der Waals surface area contributed by atoms with Crippen molar-refractivity contribution in [2.45, 2.75) is 13.3 Å². The number of hydrogen-bond acceptors (Lipinski definition) is 1. The zero-order valence-corrected chi connectivity index (χ0v) is 13.6. The molecule has 0 radical (unpaired) electrons. The number of hydrogen-bond donors (Lipinski definition) is 2. The summed E-state index contributed by atoms with van der Waals surface area (Å²) in [5.41, 5.74) is 1.61. The summed E-state index contributed by atoms with van der Waals surface area (Å²) in [5.74, 6) is -0.0509. The van der Waals surface area contributed by atoms with Gasteiger partial charge in [0.15, 0.2) is 0 Å². The normalized spacial score (nSPS) is 11.3. The van der Waals surface area contributed by atoms with Crippen LogP contribution in [0.15, 0.2) is 39.4 Å². The van der Waals surface area contributed by atoms with Crippen LogP contribution in [0.5, 0.6) is 0 Å². The van der Waals surface area contributed by atoms with Crippen molar-refractivity contribution in [1.29, 1.82) is 0 Å². The lowest BCUT2D eigenvalue weighted by molar-refractivity contribution is 0.0956. The second-order valence-corrected chi connectivity index (χ2v) is 5.84. The van der Waals surface area contributed by atoms with E-state index in [0.717, 1.165) is 26.3 Å². The van der Waals surface area contributed by atoms with Gasteiger partial charge in [0.2, 0.25) is 0 Å². The highest BCUT2D eigenvalue weighted by molar-refractivity contribution is 9.13. The van der Waals surface area contributed by atoms with Gasteiger partial charge in [0.1, 0.15) is 0 Å². The van der Waals surface area contributed by atoms with Gasteiger partial charge in [-0.2, -0.15) is 0 Å². The molecule has 0 aliphatic rings. The Morgan fingerprint density at radius 2 is 2.11 bits per heavy atom. The molecule has 5 heteroatoms. The van der Waals surface area contributed by atoms with Crippen LogP contribution in [-0.4, -0.2) is 17.4 Å². The SMILES string of the molecule is C/C=C/CCNC(=O)c1c[nH]c2cc(Br)c(Br)cc12. The van der Waals surface area contributed by atoms with Crippen molar-refractivity contribution in [1.82, 2.24) is 10.3 Å². The molecule has 1 heterocycles. The molecule has 1 aromatic heterocycles. The fraction of sp³-hybridized carbons (Fsp3) is 0.214. The van der Waals surface area contributed by atoms with Crippen LogP contribution >= 0.6 is 31.9 Å². The van der Waals surface area contributed by atoms with Gasteiger partial charge in [0.05, 0.1) is 5.56 Å². The van der Waals surface area contributed by atoms with E-state index < -0.39 is 0 Å². The largest absolute Gasteiger partial charge is 0.360 e. The number of fused-ring (bicyclic) bond motifs is 1. The van der Waals surface area contributed by atoms with Crippen LogP contribution in [0, 0.1) is 0 Å². The Bertz CT molecular complexity index is 632. The Balaban J connectivity index is 2.20. The van der Waals surface area contributed by atoms with Crippen LogP contribution in [0.3, 0.4) is 0 Å². The Morgan fingerprint density at radius 3 is 2.84 bits per heavy atom. The van der Waals surface area contributed by atoms with Gasteiger partial charge in [-0.15, -0.1) is 0 Å². The summed E-state index contributed by atoms with van der Waals surface area (Å²) in [5, 5.41) is 3.82. The Kier molecular flexibility index (Phi) is 4.82. The third kappa shape index (κ3) is 3.28. The molecule has 1 amide bonds. The topological polar surface area (TPSA) is 44.9 Å². The second-order valence-electron chi connectivity index (χ2n) is 4.13.